The lowest BCUT2D eigenvalue weighted by Gasteiger charge is -2.01. The van der Waals surface area contributed by atoms with E-state index in [9.17, 15) is 4.79 Å². The fourth-order valence-electron chi connectivity index (χ4n) is 0.945. The maximum absolute atomic E-state index is 11.3. The van der Waals surface area contributed by atoms with E-state index in [1.54, 1.807) is 6.92 Å². The summed E-state index contributed by atoms with van der Waals surface area (Å²) in [6.45, 7) is 5.78. The number of aryl methyl sites for hydroxylation is 2. The summed E-state index contributed by atoms with van der Waals surface area (Å²) in [7, 11) is 0. The SMILES string of the molecule is C=C(Br)CNC(=O)CCc1nc(C)no1. The van der Waals surface area contributed by atoms with E-state index >= 15 is 0 Å². The molecular formula is C9H12BrN3O2. The Morgan fingerprint density at radius 2 is 2.40 bits per heavy atom. The first-order chi connectivity index (χ1) is 7.08. The summed E-state index contributed by atoms with van der Waals surface area (Å²) in [6.07, 6.45) is 0.795. The highest BCUT2D eigenvalue weighted by atomic mass is 79.9. The van der Waals surface area contributed by atoms with Gasteiger partial charge in [0.15, 0.2) is 5.82 Å². The molecule has 0 aliphatic heterocycles. The molecule has 0 unspecified atom stereocenters. The van der Waals surface area contributed by atoms with Gasteiger partial charge >= 0.3 is 0 Å². The summed E-state index contributed by atoms with van der Waals surface area (Å²) in [4.78, 5) is 15.3. The van der Waals surface area contributed by atoms with E-state index in [0.717, 1.165) is 4.48 Å². The summed E-state index contributed by atoms with van der Waals surface area (Å²) in [5, 5.41) is 6.31. The van der Waals surface area contributed by atoms with Crippen molar-refractivity contribution < 1.29 is 9.32 Å². The number of carbonyl (C=O) groups excluding carboxylic acids is 1. The molecule has 0 aliphatic rings. The Morgan fingerprint density at radius 3 is 2.93 bits per heavy atom. The molecule has 1 amide bonds. The van der Waals surface area contributed by atoms with Crippen LogP contribution in [-0.4, -0.2) is 22.6 Å². The minimum absolute atomic E-state index is 0.0635. The van der Waals surface area contributed by atoms with E-state index in [-0.39, 0.29) is 5.91 Å². The first kappa shape index (κ1) is 11.9. The van der Waals surface area contributed by atoms with E-state index in [2.05, 4.69) is 38.0 Å². The topological polar surface area (TPSA) is 68.0 Å². The molecule has 0 atom stereocenters. The number of nitrogens with one attached hydrogen (secondary N) is 1. The third kappa shape index (κ3) is 4.73. The maximum atomic E-state index is 11.3. The van der Waals surface area contributed by atoms with Crippen molar-refractivity contribution in [2.75, 3.05) is 6.54 Å². The molecule has 1 N–H and O–H groups in total. The third-order valence-electron chi connectivity index (χ3n) is 1.61. The Balaban J connectivity index is 2.25. The monoisotopic (exact) mass is 273 g/mol. The highest BCUT2D eigenvalue weighted by Crippen LogP contribution is 2.01. The third-order valence-corrected chi connectivity index (χ3v) is 1.89. The smallest absolute Gasteiger partial charge is 0.227 e. The van der Waals surface area contributed by atoms with Crippen molar-refractivity contribution in [3.8, 4) is 0 Å². The molecular weight excluding hydrogens is 262 g/mol. The van der Waals surface area contributed by atoms with Crippen molar-refractivity contribution in [3.63, 3.8) is 0 Å². The molecule has 0 radical (unpaired) electrons. The molecule has 0 saturated heterocycles. The van der Waals surface area contributed by atoms with Crippen LogP contribution in [0.3, 0.4) is 0 Å². The largest absolute Gasteiger partial charge is 0.352 e. The molecule has 1 aromatic rings. The summed E-state index contributed by atoms with van der Waals surface area (Å²) >= 11 is 3.15. The second-order valence-electron chi connectivity index (χ2n) is 3.03. The number of halogens is 1. The van der Waals surface area contributed by atoms with Gasteiger partial charge in [0.05, 0.1) is 0 Å². The summed E-state index contributed by atoms with van der Waals surface area (Å²) < 4.78 is 5.61. The van der Waals surface area contributed by atoms with E-state index < -0.39 is 0 Å². The van der Waals surface area contributed by atoms with Gasteiger partial charge in [0.25, 0.3) is 0 Å². The molecule has 82 valence electrons. The second kappa shape index (κ2) is 5.65. The van der Waals surface area contributed by atoms with Crippen LogP contribution in [0.4, 0.5) is 0 Å². The molecule has 5 nitrogen and oxygen atoms in total. The van der Waals surface area contributed by atoms with Crippen LogP contribution >= 0.6 is 15.9 Å². The van der Waals surface area contributed by atoms with Crippen molar-refractivity contribution in [1.29, 1.82) is 0 Å². The van der Waals surface area contributed by atoms with E-state index in [1.165, 1.54) is 0 Å². The summed E-state index contributed by atoms with van der Waals surface area (Å²) in [6, 6.07) is 0. The van der Waals surface area contributed by atoms with Crippen molar-refractivity contribution in [2.24, 2.45) is 0 Å². The Morgan fingerprint density at radius 1 is 1.67 bits per heavy atom. The van der Waals surface area contributed by atoms with Crippen molar-refractivity contribution in [1.82, 2.24) is 15.5 Å². The van der Waals surface area contributed by atoms with Gasteiger partial charge in [-0.15, -0.1) is 0 Å². The summed E-state index contributed by atoms with van der Waals surface area (Å²) in [5.74, 6) is 1.01. The van der Waals surface area contributed by atoms with Crippen LogP contribution < -0.4 is 5.32 Å². The fourth-order valence-corrected chi connectivity index (χ4v) is 1.09. The van der Waals surface area contributed by atoms with Crippen LogP contribution in [0, 0.1) is 6.92 Å². The van der Waals surface area contributed by atoms with Crippen molar-refractivity contribution >= 4 is 21.8 Å². The minimum atomic E-state index is -0.0635. The average molecular weight is 274 g/mol. The lowest BCUT2D eigenvalue weighted by atomic mass is 10.3. The fraction of sp³-hybridized carbons (Fsp3) is 0.444. The van der Waals surface area contributed by atoms with Gasteiger partial charge in [-0.3, -0.25) is 4.79 Å². The quantitative estimate of drug-likeness (QED) is 0.879. The van der Waals surface area contributed by atoms with Gasteiger partial charge in [0.2, 0.25) is 11.8 Å². The number of hydrogen-bond donors (Lipinski definition) is 1. The molecule has 0 aromatic carbocycles. The van der Waals surface area contributed by atoms with Crippen molar-refractivity contribution in [2.45, 2.75) is 19.8 Å². The van der Waals surface area contributed by atoms with Crippen LogP contribution in [0.1, 0.15) is 18.1 Å². The predicted octanol–water partition coefficient (Wildman–Crippen LogP) is 1.34. The average Bonchev–Trinajstić information content (AvgIpc) is 2.58. The molecule has 1 rings (SSSR count). The Kier molecular flexibility index (Phi) is 4.48. The first-order valence-corrected chi connectivity index (χ1v) is 5.26. The minimum Gasteiger partial charge on any atom is -0.352 e. The van der Waals surface area contributed by atoms with Gasteiger partial charge in [0, 0.05) is 23.9 Å². The Labute approximate surface area is 96.1 Å². The summed E-state index contributed by atoms with van der Waals surface area (Å²) in [5.41, 5.74) is 0. The molecule has 0 spiro atoms. The molecule has 6 heteroatoms. The normalized spacial score (nSPS) is 10.0. The van der Waals surface area contributed by atoms with E-state index in [4.69, 9.17) is 4.52 Å². The Bertz CT molecular complexity index is 362. The van der Waals surface area contributed by atoms with Gasteiger partial charge in [-0.2, -0.15) is 4.98 Å². The lowest BCUT2D eigenvalue weighted by Crippen LogP contribution is -2.24. The standard InChI is InChI=1S/C9H12BrN3O2/c1-6(10)5-11-8(14)3-4-9-12-7(2)13-15-9/h1,3-5H2,2H3,(H,11,14). The van der Waals surface area contributed by atoms with Crippen LogP contribution in [0.5, 0.6) is 0 Å². The molecule has 0 fully saturated rings. The zero-order valence-electron chi connectivity index (χ0n) is 8.42. The zero-order valence-corrected chi connectivity index (χ0v) is 10.0. The zero-order chi connectivity index (χ0) is 11.3. The molecule has 0 aliphatic carbocycles. The predicted molar refractivity (Wildman–Crippen MR) is 58.4 cm³/mol. The Hall–Kier alpha value is -1.17. The number of aromatic nitrogens is 2. The number of rotatable bonds is 5. The first-order valence-electron chi connectivity index (χ1n) is 4.47. The van der Waals surface area contributed by atoms with Gasteiger partial charge < -0.3 is 9.84 Å². The van der Waals surface area contributed by atoms with E-state index in [0.29, 0.717) is 31.1 Å². The highest BCUT2D eigenvalue weighted by Gasteiger charge is 2.06. The van der Waals surface area contributed by atoms with Gasteiger partial charge in [0.1, 0.15) is 0 Å². The van der Waals surface area contributed by atoms with Gasteiger partial charge in [-0.1, -0.05) is 27.7 Å². The second-order valence-corrected chi connectivity index (χ2v) is 4.15. The van der Waals surface area contributed by atoms with Crippen LogP contribution in [-0.2, 0) is 11.2 Å². The lowest BCUT2D eigenvalue weighted by molar-refractivity contribution is -0.120. The number of carbonyl (C=O) groups is 1. The number of amides is 1. The van der Waals surface area contributed by atoms with Crippen LogP contribution in [0.15, 0.2) is 15.6 Å². The highest BCUT2D eigenvalue weighted by molar-refractivity contribution is 9.11. The van der Waals surface area contributed by atoms with Crippen LogP contribution in [0.2, 0.25) is 0 Å². The van der Waals surface area contributed by atoms with E-state index in [1.807, 2.05) is 0 Å². The van der Waals surface area contributed by atoms with Gasteiger partial charge in [-0.05, 0) is 6.92 Å². The van der Waals surface area contributed by atoms with Crippen molar-refractivity contribution in [3.05, 3.63) is 22.8 Å². The molecule has 1 heterocycles. The molecule has 0 bridgehead atoms. The number of hydrogen-bond acceptors (Lipinski definition) is 4. The van der Waals surface area contributed by atoms with Crippen LogP contribution in [0.25, 0.3) is 0 Å². The maximum Gasteiger partial charge on any atom is 0.227 e. The molecule has 1 aromatic heterocycles. The van der Waals surface area contributed by atoms with Gasteiger partial charge in [-0.25, -0.2) is 0 Å². The molecule has 0 saturated carbocycles. The molecule has 15 heavy (non-hydrogen) atoms. The number of nitrogens with zero attached hydrogens (tertiary/aromatic N) is 2.